The molecule has 0 aliphatic heterocycles. The van der Waals surface area contributed by atoms with Gasteiger partial charge < -0.3 is 15.4 Å². The first-order chi connectivity index (χ1) is 11.8. The van der Waals surface area contributed by atoms with Gasteiger partial charge in [0.25, 0.3) is 0 Å². The van der Waals surface area contributed by atoms with Crippen LogP contribution in [-0.2, 0) is 4.79 Å². The van der Waals surface area contributed by atoms with Crippen molar-refractivity contribution in [2.45, 2.75) is 135 Å². The molecule has 0 radical (unpaired) electrons. The van der Waals surface area contributed by atoms with Crippen LogP contribution in [0.15, 0.2) is 0 Å². The van der Waals surface area contributed by atoms with E-state index in [0.717, 1.165) is 12.8 Å². The molecule has 0 spiro atoms. The summed E-state index contributed by atoms with van der Waals surface area (Å²) >= 11 is 0. The molecule has 0 aliphatic carbocycles. The Morgan fingerprint density at radius 2 is 0.769 bits per heavy atom. The van der Waals surface area contributed by atoms with Crippen molar-refractivity contribution in [1.29, 1.82) is 0 Å². The van der Waals surface area contributed by atoms with Crippen LogP contribution in [0.2, 0.25) is 0 Å². The molecule has 2 N–H and O–H groups in total. The van der Waals surface area contributed by atoms with Gasteiger partial charge in [-0.15, -0.1) is 0 Å². The van der Waals surface area contributed by atoms with Crippen LogP contribution in [0.25, 0.3) is 0 Å². The van der Waals surface area contributed by atoms with Crippen LogP contribution >= 0.6 is 0 Å². The van der Waals surface area contributed by atoms with E-state index >= 15 is 0 Å². The number of carboxylic acids is 1. The van der Waals surface area contributed by atoms with Crippen LogP contribution in [0.1, 0.15) is 135 Å². The van der Waals surface area contributed by atoms with Gasteiger partial charge in [-0.05, 0) is 12.8 Å². The maximum atomic E-state index is 10.3. The molecule has 0 heterocycles. The predicted octanol–water partition coefficient (Wildman–Crippen LogP) is 2.74. The van der Waals surface area contributed by atoms with E-state index in [4.69, 9.17) is 0 Å². The first-order valence-corrected chi connectivity index (χ1v) is 11.0. The normalized spacial score (nSPS) is 10.2. The molecule has 0 saturated carbocycles. The second kappa shape index (κ2) is 28.3. The number of carbonyl (C=O) groups excluding carboxylic acids is 1. The molecular weight excluding hydrogens is 351 g/mol. The Bertz CT molecular complexity index is 260. The second-order valence-corrected chi connectivity index (χ2v) is 7.49. The average Bonchev–Trinajstić information content (AvgIpc) is 2.56. The molecule has 0 aliphatic rings. The van der Waals surface area contributed by atoms with Gasteiger partial charge in [-0.1, -0.05) is 122 Å². The molecule has 152 valence electrons. The minimum atomic E-state index is -0.901. The minimum Gasteiger partial charge on any atom is -0.550 e. The van der Waals surface area contributed by atoms with Crippen LogP contribution in [0.3, 0.4) is 0 Å². The molecule has 0 aromatic carbocycles. The third kappa shape index (κ3) is 29.8. The van der Waals surface area contributed by atoms with Crippen molar-refractivity contribution in [3.8, 4) is 0 Å². The topological polar surface area (TPSA) is 71.6 Å². The summed E-state index contributed by atoms with van der Waals surface area (Å²) < 4.78 is 0. The zero-order valence-electron chi connectivity index (χ0n) is 18.0. The van der Waals surface area contributed by atoms with Gasteiger partial charge in [0.05, 0.1) is 0 Å². The van der Waals surface area contributed by atoms with Gasteiger partial charge in [-0.2, -0.15) is 0 Å². The maximum Gasteiger partial charge on any atom is 1.00 e. The molecule has 0 bridgehead atoms. The number of rotatable bonds is 20. The zero-order valence-corrected chi connectivity index (χ0v) is 21.1. The predicted molar refractivity (Wildman–Crippen MR) is 107 cm³/mol. The fourth-order valence-electron chi connectivity index (χ4n) is 3.35. The summed E-state index contributed by atoms with van der Waals surface area (Å²) in [4.78, 5) is 10.3. The molecule has 0 atom stereocenters. The van der Waals surface area contributed by atoms with Crippen molar-refractivity contribution in [2.24, 2.45) is 0 Å². The fourth-order valence-corrected chi connectivity index (χ4v) is 3.35. The van der Waals surface area contributed by atoms with Crippen molar-refractivity contribution < 1.29 is 66.8 Å². The zero-order chi connectivity index (χ0) is 17.7. The van der Waals surface area contributed by atoms with Crippen LogP contribution in [0, 0.1) is 0 Å². The van der Waals surface area contributed by atoms with Gasteiger partial charge in [0, 0.05) is 5.97 Å². The van der Waals surface area contributed by atoms with Gasteiger partial charge in [-0.25, -0.2) is 0 Å². The SMILES string of the molecule is CCCCCCCCCCCCCCCCCCCCCC(=O)[O-].O.[K+]. The van der Waals surface area contributed by atoms with Crippen molar-refractivity contribution in [2.75, 3.05) is 0 Å². The Labute approximate surface area is 206 Å². The summed E-state index contributed by atoms with van der Waals surface area (Å²) in [6, 6.07) is 0. The van der Waals surface area contributed by atoms with Crippen LogP contribution in [-0.4, -0.2) is 11.4 Å². The molecule has 3 nitrogen and oxygen atoms in total. The van der Waals surface area contributed by atoms with E-state index in [9.17, 15) is 9.90 Å². The maximum absolute atomic E-state index is 10.3. The van der Waals surface area contributed by atoms with Gasteiger partial charge in [0.15, 0.2) is 0 Å². The molecule has 0 aromatic rings. The van der Waals surface area contributed by atoms with Gasteiger partial charge in [0.2, 0.25) is 0 Å². The van der Waals surface area contributed by atoms with E-state index < -0.39 is 5.97 Å². The van der Waals surface area contributed by atoms with Crippen LogP contribution in [0.5, 0.6) is 0 Å². The van der Waals surface area contributed by atoms with Gasteiger partial charge in [-0.3, -0.25) is 0 Å². The molecule has 0 fully saturated rings. The van der Waals surface area contributed by atoms with Gasteiger partial charge >= 0.3 is 51.4 Å². The Morgan fingerprint density at radius 3 is 1.00 bits per heavy atom. The third-order valence-electron chi connectivity index (χ3n) is 4.98. The number of unbranched alkanes of at least 4 members (excludes halogenated alkanes) is 18. The summed E-state index contributed by atoms with van der Waals surface area (Å²) in [7, 11) is 0. The van der Waals surface area contributed by atoms with E-state index in [1.165, 1.54) is 109 Å². The third-order valence-corrected chi connectivity index (χ3v) is 4.98. The number of hydrogen-bond donors (Lipinski definition) is 0. The number of aliphatic carboxylic acids is 1. The molecule has 0 unspecified atom stereocenters. The summed E-state index contributed by atoms with van der Waals surface area (Å²) in [6.07, 6.45) is 25.7. The minimum absolute atomic E-state index is 0. The first kappa shape index (κ1) is 31.8. The van der Waals surface area contributed by atoms with E-state index in [1.807, 2.05) is 0 Å². The van der Waals surface area contributed by atoms with Gasteiger partial charge in [0.1, 0.15) is 0 Å². The first-order valence-electron chi connectivity index (χ1n) is 11.0. The Morgan fingerprint density at radius 1 is 0.538 bits per heavy atom. The monoisotopic (exact) mass is 396 g/mol. The van der Waals surface area contributed by atoms with Crippen molar-refractivity contribution in [1.82, 2.24) is 0 Å². The van der Waals surface area contributed by atoms with Crippen molar-refractivity contribution in [3.05, 3.63) is 0 Å². The van der Waals surface area contributed by atoms with E-state index in [-0.39, 0.29) is 63.3 Å². The van der Waals surface area contributed by atoms with E-state index in [2.05, 4.69) is 6.92 Å². The van der Waals surface area contributed by atoms with Crippen molar-refractivity contribution in [3.63, 3.8) is 0 Å². The molecule has 0 aromatic heterocycles. The standard InChI is InChI=1S/C22H44O2.K.H2O/c1-2-3-4-5-6-7-8-9-10-11-12-13-14-15-16-17-18-19-20-21-22(23)24;;/h2-21H2,1H3,(H,23,24);;1H2/q;+1;/p-1. The molecule has 0 rings (SSSR count). The van der Waals surface area contributed by atoms with E-state index in [1.54, 1.807) is 0 Å². The fraction of sp³-hybridized carbons (Fsp3) is 0.955. The summed E-state index contributed by atoms with van der Waals surface area (Å²) in [5.74, 6) is -0.901. The number of carboxylic acid groups (broad SMARTS) is 1. The van der Waals surface area contributed by atoms with E-state index in [0.29, 0.717) is 0 Å². The Kier molecular flexibility index (Phi) is 34.5. The summed E-state index contributed by atoms with van der Waals surface area (Å²) in [5.41, 5.74) is 0. The summed E-state index contributed by atoms with van der Waals surface area (Å²) in [5, 5.41) is 10.3. The molecule has 0 amide bonds. The second-order valence-electron chi connectivity index (χ2n) is 7.49. The molecule has 0 saturated heterocycles. The Balaban J connectivity index is -0.00000264. The average molecular weight is 397 g/mol. The van der Waals surface area contributed by atoms with Crippen LogP contribution < -0.4 is 56.5 Å². The quantitative estimate of drug-likeness (QED) is 0.234. The van der Waals surface area contributed by atoms with Crippen LogP contribution in [0.4, 0.5) is 0 Å². The smallest absolute Gasteiger partial charge is 0.550 e. The number of hydrogen-bond acceptors (Lipinski definition) is 2. The molecule has 26 heavy (non-hydrogen) atoms. The summed E-state index contributed by atoms with van der Waals surface area (Å²) in [6.45, 7) is 2.28. The van der Waals surface area contributed by atoms with Crippen molar-refractivity contribution >= 4 is 5.97 Å². The molecule has 4 heteroatoms. The largest absolute Gasteiger partial charge is 1.00 e. The Hall–Kier alpha value is 1.07. The molecular formula is C22H45KO3. The number of carbonyl (C=O) groups is 1.